The molecule has 1 aliphatic rings. The van der Waals surface area contributed by atoms with Crippen LogP contribution in [0.4, 0.5) is 13.2 Å². The van der Waals surface area contributed by atoms with E-state index >= 15 is 0 Å². The van der Waals surface area contributed by atoms with Crippen LogP contribution < -0.4 is 5.43 Å². The summed E-state index contributed by atoms with van der Waals surface area (Å²) in [4.78, 5) is 11.1. The van der Waals surface area contributed by atoms with Gasteiger partial charge < -0.3 is 0 Å². The van der Waals surface area contributed by atoms with Gasteiger partial charge in [-0.15, -0.1) is 0 Å². The predicted octanol–water partition coefficient (Wildman–Crippen LogP) is 3.33. The standard InChI is InChI=1S/C14H16ClF3N2O/c15-11-6-2-1-4-10(11)5-3-7-12(14(16,17)18)20-9-8-13(21)19-20/h1-2,4,6,12H,3,5,7-9H2,(H,19,21). The van der Waals surface area contributed by atoms with Crippen LogP contribution in [0, 0.1) is 0 Å². The van der Waals surface area contributed by atoms with Crippen LogP contribution in [0.3, 0.4) is 0 Å². The number of aryl methyl sites for hydroxylation is 1. The van der Waals surface area contributed by atoms with E-state index in [1.54, 1.807) is 12.1 Å². The number of carbonyl (C=O) groups is 1. The maximum Gasteiger partial charge on any atom is 0.405 e. The molecule has 0 bridgehead atoms. The van der Waals surface area contributed by atoms with Crippen molar-refractivity contribution in [3.8, 4) is 0 Å². The van der Waals surface area contributed by atoms with Crippen LogP contribution in [-0.2, 0) is 11.2 Å². The first-order valence-corrected chi connectivity index (χ1v) is 7.12. The number of hydrogen-bond acceptors (Lipinski definition) is 2. The molecule has 1 unspecified atom stereocenters. The van der Waals surface area contributed by atoms with Crippen molar-refractivity contribution in [2.75, 3.05) is 6.54 Å². The van der Waals surface area contributed by atoms with Gasteiger partial charge in [-0.05, 0) is 30.9 Å². The lowest BCUT2D eigenvalue weighted by Crippen LogP contribution is -2.49. The van der Waals surface area contributed by atoms with Crippen LogP contribution >= 0.6 is 11.6 Å². The summed E-state index contributed by atoms with van der Waals surface area (Å²) < 4.78 is 39.3. The molecule has 0 aliphatic carbocycles. The van der Waals surface area contributed by atoms with Gasteiger partial charge in [0.05, 0.1) is 0 Å². The molecule has 0 saturated carbocycles. The lowest BCUT2D eigenvalue weighted by Gasteiger charge is -2.28. The Morgan fingerprint density at radius 2 is 2.05 bits per heavy atom. The molecule has 1 aromatic carbocycles. The molecule has 2 rings (SSSR count). The molecule has 0 aromatic heterocycles. The van der Waals surface area contributed by atoms with E-state index in [9.17, 15) is 18.0 Å². The first-order chi connectivity index (χ1) is 9.88. The summed E-state index contributed by atoms with van der Waals surface area (Å²) in [6, 6.07) is 5.47. The second-order valence-electron chi connectivity index (χ2n) is 5.02. The number of alkyl halides is 3. The summed E-state index contributed by atoms with van der Waals surface area (Å²) in [6.07, 6.45) is -3.50. The first-order valence-electron chi connectivity index (χ1n) is 6.74. The topological polar surface area (TPSA) is 32.3 Å². The molecule has 1 N–H and O–H groups in total. The van der Waals surface area contributed by atoms with Crippen molar-refractivity contribution >= 4 is 17.5 Å². The van der Waals surface area contributed by atoms with Crippen LogP contribution in [0.25, 0.3) is 0 Å². The van der Waals surface area contributed by atoms with Crippen molar-refractivity contribution in [3.63, 3.8) is 0 Å². The highest BCUT2D eigenvalue weighted by Crippen LogP contribution is 2.29. The molecule has 1 saturated heterocycles. The van der Waals surface area contributed by atoms with Gasteiger partial charge in [-0.25, -0.2) is 5.01 Å². The van der Waals surface area contributed by atoms with Gasteiger partial charge >= 0.3 is 6.18 Å². The number of carbonyl (C=O) groups excluding carboxylic acids is 1. The number of hydrazine groups is 1. The average molecular weight is 321 g/mol. The Kier molecular flexibility index (Phi) is 5.11. The summed E-state index contributed by atoms with van der Waals surface area (Å²) in [5, 5.41) is 1.56. The lowest BCUT2D eigenvalue weighted by atomic mass is 10.0. The van der Waals surface area contributed by atoms with Crippen molar-refractivity contribution in [2.24, 2.45) is 0 Å². The Labute approximate surface area is 126 Å². The zero-order valence-corrected chi connectivity index (χ0v) is 12.0. The second kappa shape index (κ2) is 6.66. The fraction of sp³-hybridized carbons (Fsp3) is 0.500. The summed E-state index contributed by atoms with van der Waals surface area (Å²) >= 11 is 5.99. The van der Waals surface area contributed by atoms with Gasteiger partial charge in [0.1, 0.15) is 6.04 Å². The number of nitrogens with one attached hydrogen (secondary N) is 1. The van der Waals surface area contributed by atoms with Crippen molar-refractivity contribution < 1.29 is 18.0 Å². The molecule has 1 aromatic rings. The molecule has 1 amide bonds. The minimum atomic E-state index is -4.36. The highest BCUT2D eigenvalue weighted by Gasteiger charge is 2.45. The minimum Gasteiger partial charge on any atom is -0.288 e. The lowest BCUT2D eigenvalue weighted by molar-refractivity contribution is -0.190. The fourth-order valence-electron chi connectivity index (χ4n) is 2.41. The normalized spacial score (nSPS) is 17.8. The predicted molar refractivity (Wildman–Crippen MR) is 73.7 cm³/mol. The van der Waals surface area contributed by atoms with Crippen LogP contribution in [0.1, 0.15) is 24.8 Å². The van der Waals surface area contributed by atoms with E-state index < -0.39 is 12.2 Å². The third kappa shape index (κ3) is 4.35. The number of amides is 1. The van der Waals surface area contributed by atoms with E-state index in [2.05, 4.69) is 5.43 Å². The molecule has 1 fully saturated rings. The molecule has 0 radical (unpaired) electrons. The maximum atomic E-state index is 13.1. The molecule has 7 heteroatoms. The number of halogens is 4. The van der Waals surface area contributed by atoms with Crippen LogP contribution in [-0.4, -0.2) is 29.7 Å². The van der Waals surface area contributed by atoms with E-state index in [1.165, 1.54) is 0 Å². The summed E-state index contributed by atoms with van der Waals surface area (Å²) in [7, 11) is 0. The highest BCUT2D eigenvalue weighted by molar-refractivity contribution is 6.31. The van der Waals surface area contributed by atoms with Gasteiger partial charge in [0, 0.05) is 18.0 Å². The average Bonchev–Trinajstić information content (AvgIpc) is 2.81. The van der Waals surface area contributed by atoms with Gasteiger partial charge in [0.25, 0.3) is 0 Å². The van der Waals surface area contributed by atoms with Crippen LogP contribution in [0.2, 0.25) is 5.02 Å². The summed E-state index contributed by atoms with van der Waals surface area (Å²) in [6.45, 7) is 0.0924. The summed E-state index contributed by atoms with van der Waals surface area (Å²) in [5.74, 6) is -0.365. The zero-order valence-electron chi connectivity index (χ0n) is 11.3. The Morgan fingerprint density at radius 1 is 1.33 bits per heavy atom. The molecule has 21 heavy (non-hydrogen) atoms. The largest absolute Gasteiger partial charge is 0.405 e. The molecule has 0 spiro atoms. The van der Waals surface area contributed by atoms with E-state index in [4.69, 9.17) is 11.6 Å². The Hall–Kier alpha value is -1.27. The minimum absolute atomic E-state index is 0.0744. The van der Waals surface area contributed by atoms with Crippen LogP contribution in [0.5, 0.6) is 0 Å². The summed E-state index contributed by atoms with van der Waals surface area (Å²) in [5.41, 5.74) is 3.11. The monoisotopic (exact) mass is 320 g/mol. The van der Waals surface area contributed by atoms with Gasteiger partial charge in [-0.3, -0.25) is 10.2 Å². The second-order valence-corrected chi connectivity index (χ2v) is 5.43. The molecule has 1 atom stereocenters. The highest BCUT2D eigenvalue weighted by atomic mass is 35.5. The van der Waals surface area contributed by atoms with Gasteiger partial charge in [0.15, 0.2) is 0 Å². The molecule has 116 valence electrons. The third-order valence-corrected chi connectivity index (χ3v) is 3.85. The van der Waals surface area contributed by atoms with Crippen molar-refractivity contribution in [1.82, 2.24) is 10.4 Å². The molecular formula is C14H16ClF3N2O. The third-order valence-electron chi connectivity index (χ3n) is 3.48. The van der Waals surface area contributed by atoms with Crippen molar-refractivity contribution in [3.05, 3.63) is 34.9 Å². The van der Waals surface area contributed by atoms with Crippen LogP contribution in [0.15, 0.2) is 24.3 Å². The number of nitrogens with zero attached hydrogens (tertiary/aromatic N) is 1. The van der Waals surface area contributed by atoms with E-state index in [-0.39, 0.29) is 25.3 Å². The molecule has 1 aliphatic heterocycles. The van der Waals surface area contributed by atoms with Crippen molar-refractivity contribution in [2.45, 2.75) is 37.9 Å². The SMILES string of the molecule is O=C1CCN(C(CCCc2ccccc2Cl)C(F)(F)F)N1. The Bertz CT molecular complexity index is 507. The number of rotatable bonds is 5. The Morgan fingerprint density at radius 3 is 2.62 bits per heavy atom. The van der Waals surface area contributed by atoms with Gasteiger partial charge in [0.2, 0.25) is 5.91 Å². The smallest absolute Gasteiger partial charge is 0.288 e. The van der Waals surface area contributed by atoms with Crippen molar-refractivity contribution in [1.29, 1.82) is 0 Å². The number of benzene rings is 1. The van der Waals surface area contributed by atoms with E-state index in [0.29, 0.717) is 17.9 Å². The Balaban J connectivity index is 1.94. The fourth-order valence-corrected chi connectivity index (χ4v) is 2.64. The van der Waals surface area contributed by atoms with E-state index in [0.717, 1.165) is 10.6 Å². The van der Waals surface area contributed by atoms with E-state index in [1.807, 2.05) is 12.1 Å². The van der Waals surface area contributed by atoms with Gasteiger partial charge in [-0.1, -0.05) is 29.8 Å². The maximum absolute atomic E-state index is 13.1. The molecule has 1 heterocycles. The zero-order chi connectivity index (χ0) is 15.5. The molecule has 3 nitrogen and oxygen atoms in total. The number of hydrogen-bond donors (Lipinski definition) is 1. The quantitative estimate of drug-likeness (QED) is 0.902. The first kappa shape index (κ1) is 16.1. The molecular weight excluding hydrogens is 305 g/mol. The van der Waals surface area contributed by atoms with Gasteiger partial charge in [-0.2, -0.15) is 13.2 Å².